The van der Waals surface area contributed by atoms with Crippen LogP contribution in [0, 0.1) is 5.82 Å². The van der Waals surface area contributed by atoms with E-state index in [1.54, 1.807) is 6.07 Å². The van der Waals surface area contributed by atoms with Gasteiger partial charge >= 0.3 is 0 Å². The Morgan fingerprint density at radius 2 is 1.88 bits per heavy atom. The van der Waals surface area contributed by atoms with Crippen LogP contribution in [-0.4, -0.2) is 24.9 Å². The molecule has 4 nitrogen and oxygen atoms in total. The number of hydrogen-bond acceptors (Lipinski definition) is 3. The Balaban J connectivity index is 2.26. The monoisotopic (exact) mass is 242 g/mol. The van der Waals surface area contributed by atoms with Gasteiger partial charge in [0.2, 0.25) is 11.8 Å². The summed E-state index contributed by atoms with van der Waals surface area (Å²) in [5, 5.41) is 2.18. The van der Waals surface area contributed by atoms with Crippen LogP contribution in [0.2, 0.25) is 5.02 Å². The molecular formula is C10H8ClFN2O2. The first-order valence-corrected chi connectivity index (χ1v) is 4.97. The molecule has 1 fully saturated rings. The molecule has 2 rings (SSSR count). The van der Waals surface area contributed by atoms with Crippen LogP contribution >= 0.6 is 11.6 Å². The topological polar surface area (TPSA) is 49.4 Å². The van der Waals surface area contributed by atoms with Crippen molar-refractivity contribution in [2.45, 2.75) is 0 Å². The normalized spacial score (nSPS) is 16.2. The van der Waals surface area contributed by atoms with Crippen molar-refractivity contribution in [3.8, 4) is 0 Å². The maximum atomic E-state index is 13.2. The lowest BCUT2D eigenvalue weighted by Crippen LogP contribution is -2.51. The van der Waals surface area contributed by atoms with E-state index in [9.17, 15) is 14.0 Å². The van der Waals surface area contributed by atoms with Crippen molar-refractivity contribution in [1.29, 1.82) is 0 Å². The molecule has 0 spiro atoms. The molecule has 1 aromatic carbocycles. The maximum absolute atomic E-state index is 13.2. The molecule has 1 N–H and O–H groups in total. The van der Waals surface area contributed by atoms with Gasteiger partial charge in [0.1, 0.15) is 5.82 Å². The van der Waals surface area contributed by atoms with E-state index in [4.69, 9.17) is 11.6 Å². The molecule has 84 valence electrons. The molecule has 0 atom stereocenters. The summed E-state index contributed by atoms with van der Waals surface area (Å²) in [6.07, 6.45) is 0. The average Bonchev–Trinajstić information content (AvgIpc) is 2.20. The Kier molecular flexibility index (Phi) is 2.78. The Morgan fingerprint density at radius 1 is 1.25 bits per heavy atom. The van der Waals surface area contributed by atoms with E-state index in [-0.39, 0.29) is 18.1 Å². The van der Waals surface area contributed by atoms with Gasteiger partial charge in [-0.05, 0) is 18.2 Å². The molecule has 1 heterocycles. The molecule has 0 unspecified atom stereocenters. The molecule has 1 saturated heterocycles. The fourth-order valence-corrected chi connectivity index (χ4v) is 1.62. The molecule has 6 heteroatoms. The largest absolute Gasteiger partial charge is 0.353 e. The first-order valence-electron chi connectivity index (χ1n) is 4.59. The molecule has 16 heavy (non-hydrogen) atoms. The quantitative estimate of drug-likeness (QED) is 0.746. The van der Waals surface area contributed by atoms with Gasteiger partial charge in [0, 0.05) is 5.69 Å². The first-order chi connectivity index (χ1) is 7.56. The minimum absolute atomic E-state index is 0.0107. The predicted molar refractivity (Wildman–Crippen MR) is 56.8 cm³/mol. The average molecular weight is 243 g/mol. The maximum Gasteiger partial charge on any atom is 0.246 e. The zero-order valence-corrected chi connectivity index (χ0v) is 8.92. The summed E-state index contributed by atoms with van der Waals surface area (Å²) in [6, 6.07) is 4.16. The Labute approximate surface area is 96.0 Å². The van der Waals surface area contributed by atoms with Gasteiger partial charge in [-0.2, -0.15) is 0 Å². The number of rotatable bonds is 1. The summed E-state index contributed by atoms with van der Waals surface area (Å²) in [5.41, 5.74) is 0.463. The van der Waals surface area contributed by atoms with Gasteiger partial charge in [-0.3, -0.25) is 14.9 Å². The van der Waals surface area contributed by atoms with Gasteiger partial charge in [-0.15, -0.1) is 0 Å². The summed E-state index contributed by atoms with van der Waals surface area (Å²) in [7, 11) is 0. The highest BCUT2D eigenvalue weighted by atomic mass is 35.5. The van der Waals surface area contributed by atoms with Gasteiger partial charge < -0.3 is 4.90 Å². The van der Waals surface area contributed by atoms with Crippen molar-refractivity contribution >= 4 is 29.1 Å². The summed E-state index contributed by atoms with van der Waals surface area (Å²) >= 11 is 5.54. The summed E-state index contributed by atoms with van der Waals surface area (Å²) in [5.74, 6) is -1.36. The van der Waals surface area contributed by atoms with Crippen molar-refractivity contribution in [1.82, 2.24) is 5.32 Å². The second kappa shape index (κ2) is 4.09. The number of halogens is 2. The van der Waals surface area contributed by atoms with Gasteiger partial charge in [0.05, 0.1) is 18.1 Å². The second-order valence-corrected chi connectivity index (χ2v) is 3.83. The lowest BCUT2D eigenvalue weighted by Gasteiger charge is -2.27. The number of anilines is 1. The van der Waals surface area contributed by atoms with E-state index in [0.29, 0.717) is 5.69 Å². The molecule has 0 radical (unpaired) electrons. The van der Waals surface area contributed by atoms with Crippen LogP contribution in [0.5, 0.6) is 0 Å². The Hall–Kier alpha value is -1.62. The van der Waals surface area contributed by atoms with Crippen LogP contribution in [-0.2, 0) is 9.59 Å². The van der Waals surface area contributed by atoms with Crippen LogP contribution in [0.25, 0.3) is 0 Å². The minimum atomic E-state index is -0.572. The second-order valence-electron chi connectivity index (χ2n) is 3.43. The van der Waals surface area contributed by atoms with E-state index >= 15 is 0 Å². The zero-order valence-electron chi connectivity index (χ0n) is 8.17. The molecule has 0 aromatic heterocycles. The van der Waals surface area contributed by atoms with Crippen molar-refractivity contribution in [2.24, 2.45) is 0 Å². The first kappa shape index (κ1) is 10.9. The number of amides is 2. The molecular weight excluding hydrogens is 235 g/mol. The highest BCUT2D eigenvalue weighted by Crippen LogP contribution is 2.22. The number of imide groups is 1. The number of benzene rings is 1. The lowest BCUT2D eigenvalue weighted by molar-refractivity contribution is -0.130. The van der Waals surface area contributed by atoms with Gasteiger partial charge in [-0.25, -0.2) is 4.39 Å². The van der Waals surface area contributed by atoms with Crippen molar-refractivity contribution in [3.63, 3.8) is 0 Å². The Morgan fingerprint density at radius 3 is 2.44 bits per heavy atom. The number of hydrogen-bond donors (Lipinski definition) is 1. The van der Waals surface area contributed by atoms with Crippen LogP contribution in [0.15, 0.2) is 18.2 Å². The third-order valence-corrected chi connectivity index (χ3v) is 2.52. The van der Waals surface area contributed by atoms with E-state index in [0.717, 1.165) is 0 Å². The zero-order chi connectivity index (χ0) is 11.7. The van der Waals surface area contributed by atoms with Gasteiger partial charge in [0.15, 0.2) is 0 Å². The number of nitrogens with one attached hydrogen (secondary N) is 1. The lowest BCUT2D eigenvalue weighted by atomic mass is 10.2. The molecule has 1 aliphatic rings. The number of nitrogens with zero attached hydrogens (tertiary/aromatic N) is 1. The SMILES string of the molecule is O=C1CN(c2ccc(Cl)c(F)c2)CC(=O)N1. The molecule has 1 aliphatic heterocycles. The Bertz CT molecular complexity index is 448. The third kappa shape index (κ3) is 2.14. The van der Waals surface area contributed by atoms with Crippen molar-refractivity contribution in [2.75, 3.05) is 18.0 Å². The fourth-order valence-electron chi connectivity index (χ4n) is 1.50. The van der Waals surface area contributed by atoms with Crippen molar-refractivity contribution in [3.05, 3.63) is 29.0 Å². The highest BCUT2D eigenvalue weighted by molar-refractivity contribution is 6.30. The molecule has 0 aliphatic carbocycles. The van der Waals surface area contributed by atoms with Gasteiger partial charge in [0.25, 0.3) is 0 Å². The van der Waals surface area contributed by atoms with Gasteiger partial charge in [-0.1, -0.05) is 11.6 Å². The van der Waals surface area contributed by atoms with E-state index in [1.807, 2.05) is 0 Å². The van der Waals surface area contributed by atoms with Crippen LogP contribution in [0.1, 0.15) is 0 Å². The van der Waals surface area contributed by atoms with Crippen LogP contribution < -0.4 is 10.2 Å². The number of piperazine rings is 1. The molecule has 0 saturated carbocycles. The summed E-state index contributed by atoms with van der Waals surface area (Å²) in [4.78, 5) is 23.7. The van der Waals surface area contributed by atoms with E-state index in [2.05, 4.69) is 5.32 Å². The molecule has 2 amide bonds. The van der Waals surface area contributed by atoms with E-state index < -0.39 is 17.6 Å². The smallest absolute Gasteiger partial charge is 0.246 e. The molecule has 0 bridgehead atoms. The number of carbonyl (C=O) groups excluding carboxylic acids is 2. The standard InChI is InChI=1S/C10H8ClFN2O2/c11-7-2-1-6(3-8(7)12)14-4-9(15)13-10(16)5-14/h1-3H,4-5H2,(H,13,15,16). The minimum Gasteiger partial charge on any atom is -0.353 e. The molecule has 1 aromatic rings. The van der Waals surface area contributed by atoms with Crippen molar-refractivity contribution < 1.29 is 14.0 Å². The van der Waals surface area contributed by atoms with Crippen LogP contribution in [0.4, 0.5) is 10.1 Å². The van der Waals surface area contributed by atoms with Crippen LogP contribution in [0.3, 0.4) is 0 Å². The fraction of sp³-hybridized carbons (Fsp3) is 0.200. The number of carbonyl (C=O) groups is 2. The highest BCUT2D eigenvalue weighted by Gasteiger charge is 2.22. The van der Waals surface area contributed by atoms with E-state index in [1.165, 1.54) is 17.0 Å². The third-order valence-electron chi connectivity index (χ3n) is 2.22. The summed E-state index contributed by atoms with van der Waals surface area (Å²) < 4.78 is 13.2. The predicted octanol–water partition coefficient (Wildman–Crippen LogP) is 0.942. The summed E-state index contributed by atoms with van der Waals surface area (Å²) in [6.45, 7) is 0.0691.